The van der Waals surface area contributed by atoms with E-state index in [4.69, 9.17) is 10.8 Å². The van der Waals surface area contributed by atoms with Crippen LogP contribution >= 0.6 is 0 Å². The lowest BCUT2D eigenvalue weighted by Gasteiger charge is -2.15. The molecule has 0 fully saturated rings. The number of primary amides is 1. The van der Waals surface area contributed by atoms with E-state index in [-0.39, 0.29) is 12.0 Å². The van der Waals surface area contributed by atoms with E-state index in [0.717, 1.165) is 31.8 Å². The van der Waals surface area contributed by atoms with Gasteiger partial charge in [-0.3, -0.25) is 4.79 Å². The Hall–Kier alpha value is -1.39. The largest absolute Gasteiger partial charge is 0.469 e. The van der Waals surface area contributed by atoms with Crippen molar-refractivity contribution >= 4 is 21.9 Å². The molecule has 0 aromatic carbocycles. The highest BCUT2D eigenvalue weighted by Gasteiger charge is 2.15. The van der Waals surface area contributed by atoms with E-state index in [1.165, 1.54) is 21.0 Å². The topological polar surface area (TPSA) is 159 Å². The summed E-state index contributed by atoms with van der Waals surface area (Å²) in [6.07, 6.45) is 4.55. The monoisotopic (exact) mass is 432 g/mol. The Bertz CT molecular complexity index is 439. The van der Waals surface area contributed by atoms with E-state index in [0.29, 0.717) is 6.42 Å². The third kappa shape index (κ3) is 74.1. The quantitative estimate of drug-likeness (QED) is 0.426. The molecule has 0 heterocycles. The van der Waals surface area contributed by atoms with Gasteiger partial charge in [0.15, 0.2) is 0 Å². The first-order valence-electron chi connectivity index (χ1n) is 9.30. The van der Waals surface area contributed by atoms with Crippen molar-refractivity contribution in [2.24, 2.45) is 11.5 Å². The van der Waals surface area contributed by atoms with Crippen molar-refractivity contribution < 1.29 is 32.6 Å². The van der Waals surface area contributed by atoms with Crippen LogP contribution in [0.25, 0.3) is 0 Å². The summed E-state index contributed by atoms with van der Waals surface area (Å²) >= 11 is 0. The number of methoxy groups -OCH3 is 1. The average molecular weight is 433 g/mol. The first-order valence-corrected chi connectivity index (χ1v) is 11.6. The van der Waals surface area contributed by atoms with Crippen molar-refractivity contribution in [3.05, 3.63) is 0 Å². The second-order valence-electron chi connectivity index (χ2n) is 5.65. The van der Waals surface area contributed by atoms with Crippen LogP contribution in [0.2, 0.25) is 0 Å². The van der Waals surface area contributed by atoms with Gasteiger partial charge in [0.2, 0.25) is 5.79 Å². The zero-order chi connectivity index (χ0) is 24.0. The number of carbonyl (C=O) groups is 2. The lowest BCUT2D eigenvalue weighted by atomic mass is 10.1. The summed E-state index contributed by atoms with van der Waals surface area (Å²) in [6.45, 7) is 12.7. The number of carbonyl (C=O) groups excluding carboxylic acids is 2. The molecule has 0 aliphatic heterocycles. The predicted octanol–water partition coefficient (Wildman–Crippen LogP) is 2.59. The smallest absolute Gasteiger partial charge is 0.406 e. The number of rotatable bonds is 6. The minimum atomic E-state index is -2.67. The molecule has 0 aliphatic carbocycles. The van der Waals surface area contributed by atoms with Gasteiger partial charge in [-0.25, -0.2) is 13.2 Å². The second kappa shape index (κ2) is 23.6. The second-order valence-corrected chi connectivity index (χ2v) is 7.93. The van der Waals surface area contributed by atoms with Crippen LogP contribution in [0.3, 0.4) is 0 Å². The fourth-order valence-corrected chi connectivity index (χ4v) is 1.06. The summed E-state index contributed by atoms with van der Waals surface area (Å²) in [5.41, 5.74) is 10.2. The van der Waals surface area contributed by atoms with Gasteiger partial charge in [0.1, 0.15) is 9.84 Å². The van der Waals surface area contributed by atoms with Gasteiger partial charge in [0.05, 0.1) is 7.11 Å². The van der Waals surface area contributed by atoms with Gasteiger partial charge in [-0.1, -0.05) is 34.6 Å². The molecule has 0 bridgehead atoms. The molecule has 0 aromatic rings. The summed E-state index contributed by atoms with van der Waals surface area (Å²) in [6, 6.07) is 0.236. The Kier molecular flexibility index (Phi) is 31.6. The van der Waals surface area contributed by atoms with Crippen LogP contribution in [0.15, 0.2) is 0 Å². The van der Waals surface area contributed by atoms with Gasteiger partial charge in [-0.2, -0.15) is 0 Å². The van der Waals surface area contributed by atoms with Gasteiger partial charge < -0.3 is 26.0 Å². The van der Waals surface area contributed by atoms with Crippen molar-refractivity contribution in [1.29, 1.82) is 0 Å². The molecule has 0 radical (unpaired) electrons. The summed E-state index contributed by atoms with van der Waals surface area (Å²) in [5, 5.41) is 8.66. The lowest BCUT2D eigenvalue weighted by molar-refractivity contribution is -0.140. The highest BCUT2D eigenvalue weighted by Crippen LogP contribution is 2.02. The minimum absolute atomic E-state index is 0.145. The Morgan fingerprint density at radius 2 is 1.46 bits per heavy atom. The van der Waals surface area contributed by atoms with E-state index in [1.54, 1.807) is 0 Å². The van der Waals surface area contributed by atoms with Crippen LogP contribution in [-0.4, -0.2) is 57.0 Å². The van der Waals surface area contributed by atoms with E-state index in [1.807, 2.05) is 34.6 Å². The summed E-state index contributed by atoms with van der Waals surface area (Å²) in [7, 11) is -1.26. The van der Waals surface area contributed by atoms with Crippen molar-refractivity contribution in [2.45, 2.75) is 86.0 Å². The van der Waals surface area contributed by atoms with E-state index < -0.39 is 21.7 Å². The zero-order valence-corrected chi connectivity index (χ0v) is 20.2. The fourth-order valence-electron chi connectivity index (χ4n) is 1.06. The van der Waals surface area contributed by atoms with Gasteiger partial charge in [-0.05, 0) is 19.3 Å². The van der Waals surface area contributed by atoms with Crippen molar-refractivity contribution in [3.63, 3.8) is 0 Å². The van der Waals surface area contributed by atoms with Crippen molar-refractivity contribution in [3.8, 4) is 0 Å². The molecule has 0 spiro atoms. The van der Waals surface area contributed by atoms with E-state index in [9.17, 15) is 18.0 Å². The van der Waals surface area contributed by atoms with Crippen LogP contribution in [-0.2, 0) is 24.1 Å². The first kappa shape index (κ1) is 37.4. The van der Waals surface area contributed by atoms with Crippen LogP contribution in [0.4, 0.5) is 4.79 Å². The molecule has 0 saturated heterocycles. The molecule has 28 heavy (non-hydrogen) atoms. The van der Waals surface area contributed by atoms with Crippen molar-refractivity contribution in [2.75, 3.05) is 19.6 Å². The van der Waals surface area contributed by atoms with Crippen LogP contribution in [0, 0.1) is 0 Å². The maximum Gasteiger partial charge on any atom is 0.406 e. The fraction of sp³-hybridized carbons (Fsp3) is 0.889. The third-order valence-corrected chi connectivity index (χ3v) is 2.06. The predicted molar refractivity (Wildman–Crippen MR) is 115 cm³/mol. The van der Waals surface area contributed by atoms with Gasteiger partial charge >= 0.3 is 12.1 Å². The van der Waals surface area contributed by atoms with E-state index >= 15 is 0 Å². The number of hydrogen-bond donors (Lipinski definition) is 3. The molecule has 5 N–H and O–H groups in total. The molecule has 0 aliphatic rings. The molecular formula is C18H44N2O7S. The molecule has 0 aromatic heterocycles. The molecular weight excluding hydrogens is 388 g/mol. The molecule has 1 unspecified atom stereocenters. The lowest BCUT2D eigenvalue weighted by Crippen LogP contribution is -2.30. The number of sulfone groups is 1. The summed E-state index contributed by atoms with van der Waals surface area (Å²) < 4.78 is 27.9. The SMILES string of the molecule is CC.CC.CC(C)(O)OC(N)=O.CCC(N)CCCC(=O)OC.CS(C)(=O)=O. The average Bonchev–Trinajstić information content (AvgIpc) is 2.55. The molecule has 0 saturated carbocycles. The normalized spacial score (nSPS) is 10.6. The van der Waals surface area contributed by atoms with E-state index in [2.05, 4.69) is 15.2 Å². The number of esters is 1. The van der Waals surface area contributed by atoms with Gasteiger partial charge in [-0.15, -0.1) is 0 Å². The summed E-state index contributed by atoms with van der Waals surface area (Å²) in [5.74, 6) is -1.60. The Balaban J connectivity index is -0.0000000912. The van der Waals surface area contributed by atoms with Crippen LogP contribution < -0.4 is 11.5 Å². The maximum atomic E-state index is 10.6. The summed E-state index contributed by atoms with van der Waals surface area (Å²) in [4.78, 5) is 20.5. The molecule has 1 atom stereocenters. The Labute approximate surface area is 172 Å². The standard InChI is InChI=1S/C8H17NO2.C4H9NO3.C2H6O2S.2C2H6/c1-3-7(9)5-4-6-8(10)11-2;1-4(2,7)8-3(5)6;1-5(2,3)4;2*1-2/h7H,3-6,9H2,1-2H3;7H,1-2H3,(H2,5,6);1-2H3;2*1-2H3. The maximum absolute atomic E-state index is 10.6. The molecule has 1 amide bonds. The number of nitrogens with two attached hydrogens (primary N) is 2. The molecule has 174 valence electrons. The van der Waals surface area contributed by atoms with Crippen molar-refractivity contribution in [1.82, 2.24) is 0 Å². The Morgan fingerprint density at radius 1 is 1.11 bits per heavy atom. The number of hydrogen-bond acceptors (Lipinski definition) is 8. The van der Waals surface area contributed by atoms with Gasteiger partial charge in [0, 0.05) is 38.8 Å². The van der Waals surface area contributed by atoms with Crippen LogP contribution in [0.5, 0.6) is 0 Å². The number of ether oxygens (including phenoxy) is 2. The zero-order valence-electron chi connectivity index (χ0n) is 19.4. The molecule has 10 heteroatoms. The molecule has 9 nitrogen and oxygen atoms in total. The number of amides is 1. The number of aliphatic hydroxyl groups is 1. The Morgan fingerprint density at radius 3 is 1.64 bits per heavy atom. The molecule has 0 rings (SSSR count). The third-order valence-electron chi connectivity index (χ3n) is 2.06. The van der Waals surface area contributed by atoms with Crippen LogP contribution in [0.1, 0.15) is 74.1 Å². The highest BCUT2D eigenvalue weighted by atomic mass is 32.2. The first-order chi connectivity index (χ1) is 12.6. The van der Waals surface area contributed by atoms with Gasteiger partial charge in [0.25, 0.3) is 0 Å². The minimum Gasteiger partial charge on any atom is -0.469 e. The highest BCUT2D eigenvalue weighted by molar-refractivity contribution is 7.89.